The van der Waals surface area contributed by atoms with Crippen molar-refractivity contribution in [2.45, 2.75) is 24.5 Å². The second-order valence-corrected chi connectivity index (χ2v) is 7.52. The van der Waals surface area contributed by atoms with Crippen LogP contribution in [0.2, 0.25) is 0 Å². The number of halogens is 1. The number of nitrogens with one attached hydrogen (secondary N) is 3. The highest BCUT2D eigenvalue weighted by Gasteiger charge is 2.48. The molecule has 0 bridgehead atoms. The van der Waals surface area contributed by atoms with E-state index in [1.165, 1.54) is 31.0 Å². The molecule has 2 aliphatic rings. The van der Waals surface area contributed by atoms with Crippen LogP contribution >= 0.6 is 11.8 Å². The molecule has 6 nitrogen and oxygen atoms in total. The highest BCUT2D eigenvalue weighted by atomic mass is 32.2. The number of ether oxygens (including phenoxy) is 1. The highest BCUT2D eigenvalue weighted by Crippen LogP contribution is 2.40. The van der Waals surface area contributed by atoms with Crippen molar-refractivity contribution in [3.8, 4) is 0 Å². The average molecular weight is 391 g/mol. The van der Waals surface area contributed by atoms with E-state index in [4.69, 9.17) is 4.74 Å². The molecule has 2 heterocycles. The number of carbonyl (C=O) groups is 2. The molecule has 1 aromatic carbocycles. The van der Waals surface area contributed by atoms with Crippen LogP contribution in [-0.2, 0) is 14.3 Å². The quantitative estimate of drug-likeness (QED) is 0.525. The number of rotatable bonds is 5. The summed E-state index contributed by atoms with van der Waals surface area (Å²) >= 11 is 1.51. The summed E-state index contributed by atoms with van der Waals surface area (Å²) in [6.07, 6.45) is 1.39. The maximum atomic E-state index is 13.4. The van der Waals surface area contributed by atoms with Gasteiger partial charge in [0.05, 0.1) is 24.8 Å². The Morgan fingerprint density at radius 3 is 2.67 bits per heavy atom. The SMILES string of the molecule is C=CCSC1NC(=O)C2C(NC(C)=C(C(=O)OC)C2c2ccc(F)cc2)N1. The van der Waals surface area contributed by atoms with E-state index in [9.17, 15) is 14.0 Å². The fourth-order valence-corrected chi connectivity index (χ4v) is 4.34. The average Bonchev–Trinajstić information content (AvgIpc) is 2.65. The molecular formula is C19H22FN3O3S. The van der Waals surface area contributed by atoms with Crippen molar-refractivity contribution < 1.29 is 18.7 Å². The fraction of sp³-hybridized carbons (Fsp3) is 0.368. The van der Waals surface area contributed by atoms with Crippen LogP contribution in [0.25, 0.3) is 0 Å². The molecule has 1 fully saturated rings. The van der Waals surface area contributed by atoms with Crippen LogP contribution in [0, 0.1) is 11.7 Å². The highest BCUT2D eigenvalue weighted by molar-refractivity contribution is 7.99. The van der Waals surface area contributed by atoms with Crippen LogP contribution in [0.5, 0.6) is 0 Å². The van der Waals surface area contributed by atoms with Gasteiger partial charge in [0.2, 0.25) is 5.91 Å². The van der Waals surface area contributed by atoms with Crippen LogP contribution in [0.1, 0.15) is 18.4 Å². The standard InChI is InChI=1S/C19H22FN3O3S/c1-4-9-27-19-22-16-15(17(24)23-19)14(11-5-7-12(20)8-6-11)13(10(2)21-16)18(25)26-3/h4-8,14-16,19,21-22H,1,9H2,2-3H3,(H,23,24). The topological polar surface area (TPSA) is 79.5 Å². The molecule has 1 amide bonds. The summed E-state index contributed by atoms with van der Waals surface area (Å²) < 4.78 is 18.4. The first kappa shape index (κ1) is 19.4. The van der Waals surface area contributed by atoms with E-state index in [1.807, 2.05) is 0 Å². The van der Waals surface area contributed by atoms with E-state index in [0.717, 1.165) is 0 Å². The molecule has 27 heavy (non-hydrogen) atoms. The van der Waals surface area contributed by atoms with Crippen molar-refractivity contribution >= 4 is 23.6 Å². The van der Waals surface area contributed by atoms with Crippen LogP contribution in [0.15, 0.2) is 48.2 Å². The van der Waals surface area contributed by atoms with Gasteiger partial charge in [-0.1, -0.05) is 18.2 Å². The maximum absolute atomic E-state index is 13.4. The predicted molar refractivity (Wildman–Crippen MR) is 102 cm³/mol. The van der Waals surface area contributed by atoms with Gasteiger partial charge in [0.15, 0.2) is 0 Å². The van der Waals surface area contributed by atoms with Gasteiger partial charge >= 0.3 is 5.97 Å². The van der Waals surface area contributed by atoms with Crippen LogP contribution in [0.4, 0.5) is 4.39 Å². The Balaban J connectivity index is 2.02. The lowest BCUT2D eigenvalue weighted by Gasteiger charge is -2.45. The van der Waals surface area contributed by atoms with Crippen LogP contribution in [0.3, 0.4) is 0 Å². The molecule has 1 saturated heterocycles. The summed E-state index contributed by atoms with van der Waals surface area (Å²) in [5.74, 6) is -1.54. The van der Waals surface area contributed by atoms with E-state index in [0.29, 0.717) is 22.6 Å². The lowest BCUT2D eigenvalue weighted by Crippen LogP contribution is -2.67. The predicted octanol–water partition coefficient (Wildman–Crippen LogP) is 1.82. The van der Waals surface area contributed by atoms with Gasteiger partial charge in [0.25, 0.3) is 0 Å². The fourth-order valence-electron chi connectivity index (χ4n) is 3.57. The molecule has 1 aromatic rings. The number of esters is 1. The Bertz CT molecular complexity index is 781. The minimum atomic E-state index is -0.589. The molecule has 0 aromatic heterocycles. The summed E-state index contributed by atoms with van der Waals surface area (Å²) in [4.78, 5) is 25.4. The van der Waals surface area contributed by atoms with Gasteiger partial charge in [-0.05, 0) is 24.6 Å². The number of hydrogen-bond donors (Lipinski definition) is 3. The summed E-state index contributed by atoms with van der Waals surface area (Å²) in [5.41, 5.74) is 1.42. The number of carbonyl (C=O) groups excluding carboxylic acids is 2. The number of allylic oxidation sites excluding steroid dienone is 1. The number of thioether (sulfide) groups is 1. The van der Waals surface area contributed by atoms with E-state index in [1.54, 1.807) is 25.1 Å². The first-order valence-corrected chi connectivity index (χ1v) is 9.61. The molecule has 8 heteroatoms. The van der Waals surface area contributed by atoms with Gasteiger partial charge < -0.3 is 15.4 Å². The van der Waals surface area contributed by atoms with Crippen LogP contribution < -0.4 is 16.0 Å². The number of methoxy groups -OCH3 is 1. The summed E-state index contributed by atoms with van der Waals surface area (Å²) in [6.45, 7) is 5.47. The Kier molecular flexibility index (Phi) is 5.86. The smallest absolute Gasteiger partial charge is 0.336 e. The normalized spacial score (nSPS) is 27.3. The van der Waals surface area contributed by atoms with E-state index >= 15 is 0 Å². The molecule has 3 N–H and O–H groups in total. The molecule has 0 radical (unpaired) electrons. The zero-order chi connectivity index (χ0) is 19.6. The van der Waals surface area contributed by atoms with Crippen molar-refractivity contribution in [1.29, 1.82) is 0 Å². The Morgan fingerprint density at radius 2 is 2.04 bits per heavy atom. The van der Waals surface area contributed by atoms with Crippen molar-refractivity contribution in [3.05, 3.63) is 59.6 Å². The van der Waals surface area contributed by atoms with Crippen molar-refractivity contribution in [2.75, 3.05) is 12.9 Å². The Hall–Kier alpha value is -2.32. The third kappa shape index (κ3) is 3.86. The molecule has 4 unspecified atom stereocenters. The number of hydrogen-bond acceptors (Lipinski definition) is 6. The Labute approximate surface area is 161 Å². The molecular weight excluding hydrogens is 369 g/mol. The van der Waals surface area contributed by atoms with Gasteiger partial charge in [0, 0.05) is 17.4 Å². The summed E-state index contributed by atoms with van der Waals surface area (Å²) in [7, 11) is 1.30. The third-order valence-electron chi connectivity index (χ3n) is 4.73. The zero-order valence-electron chi connectivity index (χ0n) is 15.1. The van der Waals surface area contributed by atoms with E-state index in [-0.39, 0.29) is 23.4 Å². The third-order valence-corrected chi connectivity index (χ3v) is 5.74. The van der Waals surface area contributed by atoms with Crippen molar-refractivity contribution in [3.63, 3.8) is 0 Å². The Morgan fingerprint density at radius 1 is 1.33 bits per heavy atom. The monoisotopic (exact) mass is 391 g/mol. The number of amides is 1. The minimum Gasteiger partial charge on any atom is -0.466 e. The largest absolute Gasteiger partial charge is 0.466 e. The number of fused-ring (bicyclic) bond motifs is 1. The van der Waals surface area contributed by atoms with Gasteiger partial charge in [-0.25, -0.2) is 9.18 Å². The summed E-state index contributed by atoms with van der Waals surface area (Å²) in [6, 6.07) is 5.86. The molecule has 0 aliphatic carbocycles. The van der Waals surface area contributed by atoms with E-state index in [2.05, 4.69) is 22.5 Å². The van der Waals surface area contributed by atoms with E-state index < -0.39 is 17.8 Å². The molecule has 2 aliphatic heterocycles. The minimum absolute atomic E-state index is 0.184. The maximum Gasteiger partial charge on any atom is 0.336 e. The first-order chi connectivity index (χ1) is 13.0. The van der Waals surface area contributed by atoms with Gasteiger partial charge in [-0.3, -0.25) is 10.1 Å². The van der Waals surface area contributed by atoms with Crippen molar-refractivity contribution in [1.82, 2.24) is 16.0 Å². The zero-order valence-corrected chi connectivity index (χ0v) is 15.9. The summed E-state index contributed by atoms with van der Waals surface area (Å²) in [5, 5.41) is 9.51. The van der Waals surface area contributed by atoms with Gasteiger partial charge in [-0.2, -0.15) is 0 Å². The van der Waals surface area contributed by atoms with Gasteiger partial charge in [-0.15, -0.1) is 18.3 Å². The molecule has 4 atom stereocenters. The number of benzene rings is 1. The lowest BCUT2D eigenvalue weighted by atomic mass is 9.74. The molecule has 0 spiro atoms. The lowest BCUT2D eigenvalue weighted by molar-refractivity contribution is -0.137. The first-order valence-electron chi connectivity index (χ1n) is 8.56. The van der Waals surface area contributed by atoms with Crippen LogP contribution in [-0.4, -0.2) is 36.4 Å². The molecule has 0 saturated carbocycles. The molecule has 3 rings (SSSR count). The molecule has 144 valence electrons. The second-order valence-electron chi connectivity index (χ2n) is 6.38. The second kappa shape index (κ2) is 8.14. The van der Waals surface area contributed by atoms with Gasteiger partial charge in [0.1, 0.15) is 11.3 Å². The van der Waals surface area contributed by atoms with Crippen molar-refractivity contribution in [2.24, 2.45) is 5.92 Å².